The molecule has 1 N–H and O–H groups in total. The number of aryl methyl sites for hydroxylation is 1. The Labute approximate surface area is 119 Å². The molecule has 1 aliphatic rings. The van der Waals surface area contributed by atoms with Gasteiger partial charge in [-0.25, -0.2) is 0 Å². The van der Waals surface area contributed by atoms with Gasteiger partial charge >= 0.3 is 0 Å². The molecule has 0 aliphatic carbocycles. The Morgan fingerprint density at radius 3 is 2.95 bits per heavy atom. The summed E-state index contributed by atoms with van der Waals surface area (Å²) >= 11 is 6.27. The molecule has 5 nitrogen and oxygen atoms in total. The zero-order valence-electron chi connectivity index (χ0n) is 11.9. The first-order valence-electron chi connectivity index (χ1n) is 6.92. The first kappa shape index (κ1) is 14.8. The number of rotatable bonds is 5. The number of morpholine rings is 1. The van der Waals surface area contributed by atoms with Gasteiger partial charge in [0.1, 0.15) is 0 Å². The lowest BCUT2D eigenvalue weighted by Gasteiger charge is -2.37. The third kappa shape index (κ3) is 3.28. The number of nitrogens with zero attached hydrogens (tertiary/aromatic N) is 3. The molecule has 2 rings (SSSR count). The van der Waals surface area contributed by atoms with Crippen molar-refractivity contribution in [1.29, 1.82) is 0 Å². The lowest BCUT2D eigenvalue weighted by atomic mass is 10.1. The second-order valence-corrected chi connectivity index (χ2v) is 5.25. The van der Waals surface area contributed by atoms with Gasteiger partial charge in [-0.15, -0.1) is 0 Å². The minimum Gasteiger partial charge on any atom is -0.374 e. The van der Waals surface area contributed by atoms with Crippen LogP contribution in [-0.4, -0.2) is 53.6 Å². The third-order valence-electron chi connectivity index (χ3n) is 3.65. The van der Waals surface area contributed by atoms with Gasteiger partial charge < -0.3 is 10.1 Å². The van der Waals surface area contributed by atoms with Crippen molar-refractivity contribution in [2.45, 2.75) is 26.0 Å². The first-order valence-corrected chi connectivity index (χ1v) is 7.29. The molecule has 0 bridgehead atoms. The molecule has 0 spiro atoms. The Bertz CT molecular complexity index is 390. The third-order valence-corrected chi connectivity index (χ3v) is 3.94. The van der Waals surface area contributed by atoms with E-state index >= 15 is 0 Å². The summed E-state index contributed by atoms with van der Waals surface area (Å²) in [7, 11) is 1.92. The normalized spacial score (nSPS) is 22.6. The molecule has 0 aromatic carbocycles. The topological polar surface area (TPSA) is 42.3 Å². The van der Waals surface area contributed by atoms with Crippen molar-refractivity contribution >= 4 is 11.6 Å². The summed E-state index contributed by atoms with van der Waals surface area (Å²) in [5.74, 6) is 0. The summed E-state index contributed by atoms with van der Waals surface area (Å²) in [6, 6.07) is 0.0827. The molecule has 0 saturated carbocycles. The Morgan fingerprint density at radius 2 is 2.37 bits per heavy atom. The molecule has 1 saturated heterocycles. The van der Waals surface area contributed by atoms with E-state index in [1.165, 1.54) is 0 Å². The average molecular weight is 287 g/mol. The second kappa shape index (κ2) is 6.70. The van der Waals surface area contributed by atoms with Gasteiger partial charge in [0.15, 0.2) is 0 Å². The highest BCUT2D eigenvalue weighted by Crippen LogP contribution is 2.27. The molecule has 2 atom stereocenters. The molecule has 2 heterocycles. The predicted octanol–water partition coefficient (Wildman–Crippen LogP) is 1.44. The molecule has 1 aromatic rings. The highest BCUT2D eigenvalue weighted by molar-refractivity contribution is 6.31. The van der Waals surface area contributed by atoms with Crippen LogP contribution in [0.5, 0.6) is 0 Å². The molecule has 1 aliphatic heterocycles. The maximum Gasteiger partial charge on any atom is 0.0912 e. The average Bonchev–Trinajstić information content (AvgIpc) is 2.76. The summed E-state index contributed by atoms with van der Waals surface area (Å²) < 4.78 is 7.79. The van der Waals surface area contributed by atoms with Crippen LogP contribution in [0.25, 0.3) is 0 Å². The highest BCUT2D eigenvalue weighted by atomic mass is 35.5. The van der Waals surface area contributed by atoms with Crippen LogP contribution in [-0.2, 0) is 11.8 Å². The number of aromatic nitrogens is 2. The van der Waals surface area contributed by atoms with E-state index in [2.05, 4.69) is 29.2 Å². The van der Waals surface area contributed by atoms with Crippen molar-refractivity contribution in [2.75, 3.05) is 32.8 Å². The molecule has 0 amide bonds. The van der Waals surface area contributed by atoms with Crippen molar-refractivity contribution in [3.63, 3.8) is 0 Å². The van der Waals surface area contributed by atoms with Gasteiger partial charge in [0.2, 0.25) is 0 Å². The standard InChI is InChI=1S/C13H23ClN4O/c1-4-15-12(13-10(14)8-16-17(13)3)11-9-18(5-2)6-7-19-11/h8,11-12,15H,4-7,9H2,1-3H3. The smallest absolute Gasteiger partial charge is 0.0912 e. The van der Waals surface area contributed by atoms with E-state index in [4.69, 9.17) is 16.3 Å². The van der Waals surface area contributed by atoms with Gasteiger partial charge in [0, 0.05) is 20.1 Å². The highest BCUT2D eigenvalue weighted by Gasteiger charge is 2.31. The van der Waals surface area contributed by atoms with E-state index in [1.54, 1.807) is 6.20 Å². The summed E-state index contributed by atoms with van der Waals surface area (Å²) in [4.78, 5) is 2.41. The fourth-order valence-electron chi connectivity index (χ4n) is 2.61. The molecule has 6 heteroatoms. The SMILES string of the molecule is CCNC(c1c(Cl)cnn1C)C1CN(CC)CCO1. The lowest BCUT2D eigenvalue weighted by molar-refractivity contribution is -0.0465. The monoisotopic (exact) mass is 286 g/mol. The van der Waals surface area contributed by atoms with Crippen LogP contribution in [0, 0.1) is 0 Å². The van der Waals surface area contributed by atoms with Crippen LogP contribution in [0.2, 0.25) is 5.02 Å². The first-order chi connectivity index (χ1) is 9.17. The summed E-state index contributed by atoms with van der Waals surface area (Å²) in [5.41, 5.74) is 1.01. The van der Waals surface area contributed by atoms with Crippen LogP contribution in [0.15, 0.2) is 6.20 Å². The quantitative estimate of drug-likeness (QED) is 0.890. The van der Waals surface area contributed by atoms with Crippen molar-refractivity contribution in [2.24, 2.45) is 7.05 Å². The van der Waals surface area contributed by atoms with Crippen molar-refractivity contribution in [1.82, 2.24) is 20.0 Å². The van der Waals surface area contributed by atoms with Gasteiger partial charge in [-0.2, -0.15) is 5.10 Å². The zero-order chi connectivity index (χ0) is 13.8. The van der Waals surface area contributed by atoms with E-state index in [1.807, 2.05) is 11.7 Å². The number of ether oxygens (including phenoxy) is 1. The summed E-state index contributed by atoms with van der Waals surface area (Å²) in [6.07, 6.45) is 1.81. The second-order valence-electron chi connectivity index (χ2n) is 4.84. The van der Waals surface area contributed by atoms with Crippen molar-refractivity contribution < 1.29 is 4.74 Å². The van der Waals surface area contributed by atoms with Crippen LogP contribution in [0.1, 0.15) is 25.6 Å². The minimum atomic E-state index is 0.0827. The zero-order valence-corrected chi connectivity index (χ0v) is 12.7. The maximum atomic E-state index is 6.27. The largest absolute Gasteiger partial charge is 0.374 e. The fraction of sp³-hybridized carbons (Fsp3) is 0.769. The number of hydrogen-bond acceptors (Lipinski definition) is 4. The van der Waals surface area contributed by atoms with Crippen molar-refractivity contribution in [3.05, 3.63) is 16.9 Å². The molecule has 1 fully saturated rings. The van der Waals surface area contributed by atoms with Crippen LogP contribution in [0.4, 0.5) is 0 Å². The molecule has 108 valence electrons. The molecular formula is C13H23ClN4O. The van der Waals surface area contributed by atoms with Crippen LogP contribution in [0.3, 0.4) is 0 Å². The molecule has 1 aromatic heterocycles. The fourth-order valence-corrected chi connectivity index (χ4v) is 2.90. The lowest BCUT2D eigenvalue weighted by Crippen LogP contribution is -2.48. The summed E-state index contributed by atoms with van der Waals surface area (Å²) in [5, 5.41) is 8.41. The van der Waals surface area contributed by atoms with Gasteiger partial charge in [-0.05, 0) is 13.1 Å². The van der Waals surface area contributed by atoms with Crippen LogP contribution >= 0.6 is 11.6 Å². The molecule has 2 unspecified atom stereocenters. The minimum absolute atomic E-state index is 0.0827. The maximum absolute atomic E-state index is 6.27. The van der Waals surface area contributed by atoms with E-state index in [9.17, 15) is 0 Å². The van der Waals surface area contributed by atoms with E-state index in [-0.39, 0.29) is 12.1 Å². The Morgan fingerprint density at radius 1 is 1.58 bits per heavy atom. The van der Waals surface area contributed by atoms with Crippen LogP contribution < -0.4 is 5.32 Å². The molecule has 19 heavy (non-hydrogen) atoms. The molecule has 0 radical (unpaired) electrons. The van der Waals surface area contributed by atoms with Crippen molar-refractivity contribution in [3.8, 4) is 0 Å². The van der Waals surface area contributed by atoms with Gasteiger partial charge in [-0.3, -0.25) is 9.58 Å². The summed E-state index contributed by atoms with van der Waals surface area (Å²) in [6.45, 7) is 8.91. The van der Waals surface area contributed by atoms with E-state index in [0.717, 1.165) is 38.5 Å². The van der Waals surface area contributed by atoms with E-state index < -0.39 is 0 Å². The number of halogens is 1. The number of likely N-dealkylation sites (N-methyl/N-ethyl adjacent to an activating group) is 2. The Hall–Kier alpha value is -0.620. The van der Waals surface area contributed by atoms with Gasteiger partial charge in [-0.1, -0.05) is 25.4 Å². The van der Waals surface area contributed by atoms with E-state index in [0.29, 0.717) is 5.02 Å². The Kier molecular flexibility index (Phi) is 5.21. The number of nitrogens with one attached hydrogen (secondary N) is 1. The van der Waals surface area contributed by atoms with Gasteiger partial charge in [0.25, 0.3) is 0 Å². The number of hydrogen-bond donors (Lipinski definition) is 1. The predicted molar refractivity (Wildman–Crippen MR) is 76.5 cm³/mol. The molecular weight excluding hydrogens is 264 g/mol. The Balaban J connectivity index is 2.20. The van der Waals surface area contributed by atoms with Gasteiger partial charge in [0.05, 0.1) is 35.7 Å².